The highest BCUT2D eigenvalue weighted by atomic mass is 16.5. The van der Waals surface area contributed by atoms with Gasteiger partial charge in [0.05, 0.1) is 6.54 Å². The minimum atomic E-state index is -0.498. The molecule has 1 fully saturated rings. The van der Waals surface area contributed by atoms with Gasteiger partial charge in [0.25, 0.3) is 5.91 Å². The fourth-order valence-corrected chi connectivity index (χ4v) is 3.42. The molecule has 0 atom stereocenters. The molecule has 0 aliphatic carbocycles. The van der Waals surface area contributed by atoms with E-state index in [2.05, 4.69) is 15.8 Å². The molecule has 1 aliphatic heterocycles. The van der Waals surface area contributed by atoms with E-state index in [0.717, 1.165) is 24.1 Å². The molecule has 31 heavy (non-hydrogen) atoms. The van der Waals surface area contributed by atoms with Gasteiger partial charge in [0, 0.05) is 36.8 Å². The van der Waals surface area contributed by atoms with Crippen molar-refractivity contribution >= 4 is 23.4 Å². The second-order valence-electron chi connectivity index (χ2n) is 7.29. The van der Waals surface area contributed by atoms with Gasteiger partial charge in [-0.2, -0.15) is 0 Å². The van der Waals surface area contributed by atoms with Crippen LogP contribution in [0.25, 0.3) is 11.3 Å². The number of carbonyl (C=O) groups is 3. The number of carbonyl (C=O) groups excluding carboxylic acids is 3. The van der Waals surface area contributed by atoms with Crippen LogP contribution in [0, 0.1) is 0 Å². The zero-order chi connectivity index (χ0) is 21.6. The van der Waals surface area contributed by atoms with E-state index in [9.17, 15) is 14.4 Å². The molecule has 2 heterocycles. The smallest absolute Gasteiger partial charge is 0.273 e. The highest BCUT2D eigenvalue weighted by molar-refractivity contribution is 5.98. The predicted molar refractivity (Wildman–Crippen MR) is 114 cm³/mol. The molecule has 8 nitrogen and oxygen atoms in total. The molecule has 1 saturated heterocycles. The van der Waals surface area contributed by atoms with Crippen LogP contribution in [0.15, 0.2) is 65.2 Å². The van der Waals surface area contributed by atoms with Crippen molar-refractivity contribution in [3.8, 4) is 11.3 Å². The Morgan fingerprint density at radius 2 is 1.90 bits per heavy atom. The first-order valence-electron chi connectivity index (χ1n) is 10.1. The topological polar surface area (TPSA) is 105 Å². The molecule has 0 unspecified atom stereocenters. The Morgan fingerprint density at radius 3 is 2.68 bits per heavy atom. The maximum Gasteiger partial charge on any atom is 0.273 e. The van der Waals surface area contributed by atoms with Crippen molar-refractivity contribution in [2.45, 2.75) is 19.4 Å². The molecule has 3 aromatic rings. The lowest BCUT2D eigenvalue weighted by Gasteiger charge is -2.16. The number of benzene rings is 2. The first-order valence-corrected chi connectivity index (χ1v) is 10.1. The van der Waals surface area contributed by atoms with Crippen molar-refractivity contribution in [3.63, 3.8) is 0 Å². The summed E-state index contributed by atoms with van der Waals surface area (Å²) in [5.74, 6) is -0.235. The Hall–Kier alpha value is -3.94. The highest BCUT2D eigenvalue weighted by Gasteiger charge is 2.20. The average Bonchev–Trinajstić information content (AvgIpc) is 3.43. The number of hydrogen-bond acceptors (Lipinski definition) is 5. The van der Waals surface area contributed by atoms with Crippen molar-refractivity contribution in [3.05, 3.63) is 71.9 Å². The fourth-order valence-electron chi connectivity index (χ4n) is 3.42. The van der Waals surface area contributed by atoms with Crippen LogP contribution in [0.2, 0.25) is 0 Å². The molecular formula is C23H22N4O4. The summed E-state index contributed by atoms with van der Waals surface area (Å²) in [5, 5.41) is 9.06. The predicted octanol–water partition coefficient (Wildman–Crippen LogP) is 2.83. The number of anilines is 1. The van der Waals surface area contributed by atoms with Crippen molar-refractivity contribution in [2.24, 2.45) is 0 Å². The largest absolute Gasteiger partial charge is 0.355 e. The highest BCUT2D eigenvalue weighted by Crippen LogP contribution is 2.20. The second-order valence-corrected chi connectivity index (χ2v) is 7.29. The molecule has 158 valence electrons. The Bertz CT molecular complexity index is 1090. The molecule has 2 N–H and O–H groups in total. The van der Waals surface area contributed by atoms with Gasteiger partial charge in [0.2, 0.25) is 11.8 Å². The van der Waals surface area contributed by atoms with Crippen LogP contribution in [0.4, 0.5) is 5.69 Å². The van der Waals surface area contributed by atoms with Crippen molar-refractivity contribution in [1.29, 1.82) is 0 Å². The summed E-state index contributed by atoms with van der Waals surface area (Å²) in [7, 11) is 0. The summed E-state index contributed by atoms with van der Waals surface area (Å²) in [6.45, 7) is 1.08. The molecule has 0 saturated carbocycles. The third-order valence-corrected chi connectivity index (χ3v) is 4.97. The zero-order valence-electron chi connectivity index (χ0n) is 16.8. The second kappa shape index (κ2) is 9.25. The first kappa shape index (κ1) is 20.3. The maximum absolute atomic E-state index is 12.3. The Labute approximate surface area is 179 Å². The van der Waals surface area contributed by atoms with E-state index in [1.807, 2.05) is 53.4 Å². The summed E-state index contributed by atoms with van der Waals surface area (Å²) in [4.78, 5) is 38.1. The molecule has 1 aliphatic rings. The zero-order valence-corrected chi connectivity index (χ0v) is 16.8. The van der Waals surface area contributed by atoms with Crippen LogP contribution in [-0.4, -0.2) is 40.9 Å². The van der Waals surface area contributed by atoms with Crippen LogP contribution in [0.5, 0.6) is 0 Å². The van der Waals surface area contributed by atoms with E-state index in [-0.39, 0.29) is 24.1 Å². The van der Waals surface area contributed by atoms with Gasteiger partial charge in [-0.25, -0.2) is 0 Å². The maximum atomic E-state index is 12.3. The van der Waals surface area contributed by atoms with Crippen molar-refractivity contribution < 1.29 is 18.9 Å². The number of nitrogens with zero attached hydrogens (tertiary/aromatic N) is 2. The van der Waals surface area contributed by atoms with Gasteiger partial charge in [0.1, 0.15) is 0 Å². The number of amides is 3. The Kier molecular flexibility index (Phi) is 6.07. The molecule has 0 radical (unpaired) electrons. The molecule has 2 aromatic carbocycles. The van der Waals surface area contributed by atoms with Gasteiger partial charge in [-0.05, 0) is 24.1 Å². The first-order chi connectivity index (χ1) is 15.1. The molecule has 1 aromatic heterocycles. The van der Waals surface area contributed by atoms with Gasteiger partial charge in [-0.15, -0.1) is 0 Å². The standard InChI is InChI=1S/C23H22N4O4/c28-21(25-18-9-4-6-16(12-18)15-27-11-5-10-22(27)29)14-24-23(30)19-13-20(31-26-19)17-7-2-1-3-8-17/h1-4,6-9,12-13H,5,10-11,14-15H2,(H,24,30)(H,25,28). The summed E-state index contributed by atoms with van der Waals surface area (Å²) >= 11 is 0. The summed E-state index contributed by atoms with van der Waals surface area (Å²) in [6, 6.07) is 18.2. The lowest BCUT2D eigenvalue weighted by Crippen LogP contribution is -2.33. The minimum absolute atomic E-state index is 0.101. The molecule has 4 rings (SSSR count). The van der Waals surface area contributed by atoms with Gasteiger partial charge < -0.3 is 20.1 Å². The van der Waals surface area contributed by atoms with Crippen LogP contribution in [-0.2, 0) is 16.1 Å². The van der Waals surface area contributed by atoms with E-state index in [4.69, 9.17) is 4.52 Å². The van der Waals surface area contributed by atoms with Gasteiger partial charge in [-0.3, -0.25) is 14.4 Å². The monoisotopic (exact) mass is 418 g/mol. The SMILES string of the molecule is O=C(CNC(=O)c1cc(-c2ccccc2)on1)Nc1cccc(CN2CCCC2=O)c1. The summed E-state index contributed by atoms with van der Waals surface area (Å²) in [5.41, 5.74) is 2.45. The van der Waals surface area contributed by atoms with Gasteiger partial charge in [0.15, 0.2) is 11.5 Å². The van der Waals surface area contributed by atoms with E-state index < -0.39 is 5.91 Å². The van der Waals surface area contributed by atoms with Crippen molar-refractivity contribution in [2.75, 3.05) is 18.4 Å². The van der Waals surface area contributed by atoms with Crippen LogP contribution in [0.3, 0.4) is 0 Å². The minimum Gasteiger partial charge on any atom is -0.355 e. The van der Waals surface area contributed by atoms with E-state index in [1.165, 1.54) is 6.07 Å². The number of hydrogen-bond donors (Lipinski definition) is 2. The van der Waals surface area contributed by atoms with Crippen LogP contribution < -0.4 is 10.6 Å². The molecule has 0 spiro atoms. The molecular weight excluding hydrogens is 396 g/mol. The summed E-state index contributed by atoms with van der Waals surface area (Å²) < 4.78 is 5.21. The average molecular weight is 418 g/mol. The number of nitrogens with one attached hydrogen (secondary N) is 2. The lowest BCUT2D eigenvalue weighted by molar-refractivity contribution is -0.128. The quantitative estimate of drug-likeness (QED) is 0.614. The van der Waals surface area contributed by atoms with Gasteiger partial charge in [-0.1, -0.05) is 47.6 Å². The van der Waals surface area contributed by atoms with E-state index in [1.54, 1.807) is 6.07 Å². The van der Waals surface area contributed by atoms with Gasteiger partial charge >= 0.3 is 0 Å². The molecule has 0 bridgehead atoms. The number of aromatic nitrogens is 1. The lowest BCUT2D eigenvalue weighted by atomic mass is 10.1. The molecule has 8 heteroatoms. The number of rotatable bonds is 7. The van der Waals surface area contributed by atoms with Crippen LogP contribution >= 0.6 is 0 Å². The molecule has 3 amide bonds. The van der Waals surface area contributed by atoms with Crippen LogP contribution in [0.1, 0.15) is 28.9 Å². The normalized spacial score (nSPS) is 13.3. The van der Waals surface area contributed by atoms with Crippen molar-refractivity contribution in [1.82, 2.24) is 15.4 Å². The third-order valence-electron chi connectivity index (χ3n) is 4.97. The van der Waals surface area contributed by atoms with E-state index >= 15 is 0 Å². The Balaban J connectivity index is 1.29. The fraction of sp³-hybridized carbons (Fsp3) is 0.217. The Morgan fingerprint density at radius 1 is 1.06 bits per heavy atom. The third kappa shape index (κ3) is 5.16. The van der Waals surface area contributed by atoms with E-state index in [0.29, 0.717) is 24.4 Å². The number of likely N-dealkylation sites (tertiary alicyclic amines) is 1. The summed E-state index contributed by atoms with van der Waals surface area (Å²) in [6.07, 6.45) is 1.47.